The van der Waals surface area contributed by atoms with Gasteiger partial charge in [0.05, 0.1) is 0 Å². The standard InChI is InChI=1S/C14H26N4/c1-6-7-15-13-8-14(18-12(5)17-13)16-9-11(4)10(2)3/h8,10-11H,6-7,9H2,1-5H3,(H2,15,16,17,18). The lowest BCUT2D eigenvalue weighted by Crippen LogP contribution is -2.17. The van der Waals surface area contributed by atoms with Gasteiger partial charge in [0.15, 0.2) is 0 Å². The summed E-state index contributed by atoms with van der Waals surface area (Å²) in [6.45, 7) is 12.7. The van der Waals surface area contributed by atoms with Crippen LogP contribution in [0.3, 0.4) is 0 Å². The number of nitrogens with zero attached hydrogens (tertiary/aromatic N) is 2. The molecule has 4 heteroatoms. The van der Waals surface area contributed by atoms with Crippen molar-refractivity contribution in [3.05, 3.63) is 11.9 Å². The first-order valence-corrected chi connectivity index (χ1v) is 6.86. The van der Waals surface area contributed by atoms with E-state index in [1.165, 1.54) is 0 Å². The molecule has 0 aliphatic heterocycles. The first-order chi connectivity index (χ1) is 8.52. The molecule has 4 nitrogen and oxygen atoms in total. The van der Waals surface area contributed by atoms with E-state index < -0.39 is 0 Å². The highest BCUT2D eigenvalue weighted by atomic mass is 15.1. The highest BCUT2D eigenvalue weighted by molar-refractivity contribution is 5.47. The van der Waals surface area contributed by atoms with Crippen LogP contribution in [0.1, 0.15) is 39.9 Å². The van der Waals surface area contributed by atoms with Crippen LogP contribution < -0.4 is 10.6 Å². The molecule has 2 N–H and O–H groups in total. The van der Waals surface area contributed by atoms with Gasteiger partial charge >= 0.3 is 0 Å². The minimum atomic E-state index is 0.632. The Morgan fingerprint density at radius 2 is 1.72 bits per heavy atom. The van der Waals surface area contributed by atoms with Crippen molar-refractivity contribution >= 4 is 11.6 Å². The van der Waals surface area contributed by atoms with Crippen molar-refractivity contribution in [2.75, 3.05) is 23.7 Å². The lowest BCUT2D eigenvalue weighted by Gasteiger charge is -2.17. The highest BCUT2D eigenvalue weighted by Gasteiger charge is 2.07. The van der Waals surface area contributed by atoms with E-state index in [-0.39, 0.29) is 0 Å². The van der Waals surface area contributed by atoms with Crippen molar-refractivity contribution in [3.8, 4) is 0 Å². The summed E-state index contributed by atoms with van der Waals surface area (Å²) in [7, 11) is 0. The van der Waals surface area contributed by atoms with Gasteiger partial charge in [-0.3, -0.25) is 0 Å². The van der Waals surface area contributed by atoms with Crippen LogP contribution in [0.15, 0.2) is 6.07 Å². The monoisotopic (exact) mass is 250 g/mol. The summed E-state index contributed by atoms with van der Waals surface area (Å²) >= 11 is 0. The Balaban J connectivity index is 2.62. The Labute approximate surface area is 111 Å². The predicted molar refractivity (Wildman–Crippen MR) is 78.0 cm³/mol. The maximum Gasteiger partial charge on any atom is 0.131 e. The number of nitrogens with one attached hydrogen (secondary N) is 2. The van der Waals surface area contributed by atoms with Crippen molar-refractivity contribution < 1.29 is 0 Å². The summed E-state index contributed by atoms with van der Waals surface area (Å²) in [6, 6.07) is 1.98. The van der Waals surface area contributed by atoms with E-state index >= 15 is 0 Å². The average molecular weight is 250 g/mol. The molecule has 0 bridgehead atoms. The molecule has 0 amide bonds. The van der Waals surface area contributed by atoms with Gasteiger partial charge in [0.1, 0.15) is 17.5 Å². The summed E-state index contributed by atoms with van der Waals surface area (Å²) in [5, 5.41) is 6.69. The number of hydrogen-bond acceptors (Lipinski definition) is 4. The molecule has 1 heterocycles. The van der Waals surface area contributed by atoms with E-state index in [4.69, 9.17) is 0 Å². The van der Waals surface area contributed by atoms with Crippen LogP contribution in [-0.2, 0) is 0 Å². The molecular weight excluding hydrogens is 224 g/mol. The third kappa shape index (κ3) is 4.90. The van der Waals surface area contributed by atoms with Gasteiger partial charge in [-0.15, -0.1) is 0 Å². The van der Waals surface area contributed by atoms with E-state index in [2.05, 4.69) is 48.3 Å². The Hall–Kier alpha value is -1.32. The number of aryl methyl sites for hydroxylation is 1. The van der Waals surface area contributed by atoms with E-state index in [1.807, 2.05) is 13.0 Å². The van der Waals surface area contributed by atoms with Gasteiger partial charge in [-0.2, -0.15) is 0 Å². The van der Waals surface area contributed by atoms with E-state index in [0.29, 0.717) is 11.8 Å². The summed E-state index contributed by atoms with van der Waals surface area (Å²) in [6.07, 6.45) is 1.09. The maximum atomic E-state index is 4.41. The molecule has 0 aliphatic rings. The van der Waals surface area contributed by atoms with E-state index in [1.54, 1.807) is 0 Å². The van der Waals surface area contributed by atoms with Crippen molar-refractivity contribution in [3.63, 3.8) is 0 Å². The fraction of sp³-hybridized carbons (Fsp3) is 0.714. The first kappa shape index (κ1) is 14.7. The molecule has 0 aliphatic carbocycles. The molecule has 0 aromatic carbocycles. The molecule has 1 unspecified atom stereocenters. The first-order valence-electron chi connectivity index (χ1n) is 6.86. The quantitative estimate of drug-likeness (QED) is 0.779. The second-order valence-electron chi connectivity index (χ2n) is 5.21. The van der Waals surface area contributed by atoms with Crippen LogP contribution >= 0.6 is 0 Å². The predicted octanol–water partition coefficient (Wildman–Crippen LogP) is 3.31. The van der Waals surface area contributed by atoms with Gasteiger partial charge in [-0.05, 0) is 25.2 Å². The normalized spacial score (nSPS) is 12.6. The lowest BCUT2D eigenvalue weighted by atomic mass is 9.98. The van der Waals surface area contributed by atoms with Crippen molar-refractivity contribution in [1.29, 1.82) is 0 Å². The smallest absolute Gasteiger partial charge is 0.131 e. The van der Waals surface area contributed by atoms with Crippen LogP contribution in [0.4, 0.5) is 11.6 Å². The maximum absolute atomic E-state index is 4.41. The molecule has 1 atom stereocenters. The van der Waals surface area contributed by atoms with Crippen LogP contribution in [0.2, 0.25) is 0 Å². The van der Waals surface area contributed by atoms with Crippen molar-refractivity contribution in [1.82, 2.24) is 9.97 Å². The topological polar surface area (TPSA) is 49.8 Å². The van der Waals surface area contributed by atoms with Crippen LogP contribution in [0.5, 0.6) is 0 Å². The molecule has 0 fully saturated rings. The minimum absolute atomic E-state index is 0.632. The van der Waals surface area contributed by atoms with Gasteiger partial charge in [0, 0.05) is 19.2 Å². The second-order valence-corrected chi connectivity index (χ2v) is 5.21. The zero-order valence-electron chi connectivity index (χ0n) is 12.2. The third-order valence-electron chi connectivity index (χ3n) is 3.14. The Morgan fingerprint density at radius 1 is 1.11 bits per heavy atom. The molecule has 1 rings (SSSR count). The second kappa shape index (κ2) is 7.19. The van der Waals surface area contributed by atoms with Crippen LogP contribution in [0.25, 0.3) is 0 Å². The summed E-state index contributed by atoms with van der Waals surface area (Å²) in [4.78, 5) is 8.78. The molecular formula is C14H26N4. The van der Waals surface area contributed by atoms with Crippen molar-refractivity contribution in [2.24, 2.45) is 11.8 Å². The molecule has 0 saturated carbocycles. The molecule has 0 radical (unpaired) electrons. The largest absolute Gasteiger partial charge is 0.370 e. The molecule has 18 heavy (non-hydrogen) atoms. The van der Waals surface area contributed by atoms with Gasteiger partial charge in [0.2, 0.25) is 0 Å². The molecule has 0 saturated heterocycles. The van der Waals surface area contributed by atoms with E-state index in [0.717, 1.165) is 37.0 Å². The number of rotatable bonds is 7. The molecule has 102 valence electrons. The Kier molecular flexibility index (Phi) is 5.89. The fourth-order valence-electron chi connectivity index (χ4n) is 1.50. The SMILES string of the molecule is CCCNc1cc(NCC(C)C(C)C)nc(C)n1. The minimum Gasteiger partial charge on any atom is -0.370 e. The third-order valence-corrected chi connectivity index (χ3v) is 3.14. The summed E-state index contributed by atoms with van der Waals surface area (Å²) < 4.78 is 0. The summed E-state index contributed by atoms with van der Waals surface area (Å²) in [5.74, 6) is 3.93. The number of hydrogen-bond donors (Lipinski definition) is 2. The fourth-order valence-corrected chi connectivity index (χ4v) is 1.50. The van der Waals surface area contributed by atoms with Gasteiger partial charge < -0.3 is 10.6 Å². The number of aromatic nitrogens is 2. The zero-order valence-corrected chi connectivity index (χ0v) is 12.2. The van der Waals surface area contributed by atoms with Gasteiger partial charge in [-0.1, -0.05) is 27.7 Å². The molecule has 0 spiro atoms. The lowest BCUT2D eigenvalue weighted by molar-refractivity contribution is 0.439. The van der Waals surface area contributed by atoms with E-state index in [9.17, 15) is 0 Å². The van der Waals surface area contributed by atoms with Gasteiger partial charge in [0.25, 0.3) is 0 Å². The Morgan fingerprint density at radius 3 is 2.28 bits per heavy atom. The van der Waals surface area contributed by atoms with Gasteiger partial charge in [-0.25, -0.2) is 9.97 Å². The number of anilines is 2. The van der Waals surface area contributed by atoms with Crippen LogP contribution in [0, 0.1) is 18.8 Å². The van der Waals surface area contributed by atoms with Crippen molar-refractivity contribution in [2.45, 2.75) is 41.0 Å². The molecule has 1 aromatic heterocycles. The average Bonchev–Trinajstić information content (AvgIpc) is 2.32. The van der Waals surface area contributed by atoms with Crippen LogP contribution in [-0.4, -0.2) is 23.1 Å². The highest BCUT2D eigenvalue weighted by Crippen LogP contribution is 2.14. The molecule has 1 aromatic rings. The summed E-state index contributed by atoms with van der Waals surface area (Å²) in [5.41, 5.74) is 0. The zero-order chi connectivity index (χ0) is 13.5. The Bertz CT molecular complexity index is 363.